The molecule has 0 unspecified atom stereocenters. The number of likely N-dealkylation sites (N-methyl/N-ethyl adjacent to an activating group) is 1. The number of allylic oxidation sites excluding steroid dienone is 4. The van der Waals surface area contributed by atoms with Crippen molar-refractivity contribution >= 4 is 5.91 Å². The average molecular weight is 265 g/mol. The lowest BCUT2D eigenvalue weighted by atomic mass is 10.1. The van der Waals surface area contributed by atoms with Gasteiger partial charge in [0.25, 0.3) is 5.91 Å². The van der Waals surface area contributed by atoms with Crippen LogP contribution in [0.2, 0.25) is 0 Å². The van der Waals surface area contributed by atoms with Crippen LogP contribution in [0.15, 0.2) is 35.5 Å². The molecule has 0 radical (unpaired) electrons. The van der Waals surface area contributed by atoms with E-state index in [0.717, 1.165) is 30.5 Å². The summed E-state index contributed by atoms with van der Waals surface area (Å²) in [6.45, 7) is 12.9. The second-order valence-electron chi connectivity index (χ2n) is 4.21. The molecule has 0 fully saturated rings. The molecule has 1 amide bonds. The average Bonchev–Trinajstić information content (AvgIpc) is 2.45. The Morgan fingerprint density at radius 3 is 2.21 bits per heavy atom. The molecule has 0 aliphatic rings. The summed E-state index contributed by atoms with van der Waals surface area (Å²) in [6, 6.07) is 0. The Morgan fingerprint density at radius 1 is 1.21 bits per heavy atom. The number of nitrogens with zero attached hydrogens (tertiary/aromatic N) is 1. The van der Waals surface area contributed by atoms with Gasteiger partial charge in [-0.25, -0.2) is 0 Å². The molecule has 0 atom stereocenters. The molecular weight excluding hydrogens is 234 g/mol. The first-order valence-corrected chi connectivity index (χ1v) is 7.29. The van der Waals surface area contributed by atoms with Gasteiger partial charge in [-0.05, 0) is 33.3 Å². The molecule has 0 heterocycles. The molecule has 0 N–H and O–H groups in total. The first-order valence-electron chi connectivity index (χ1n) is 7.29. The third kappa shape index (κ3) is 9.29. The highest BCUT2D eigenvalue weighted by Crippen LogP contribution is 2.08. The van der Waals surface area contributed by atoms with Crippen LogP contribution in [0.25, 0.3) is 0 Å². The number of rotatable bonds is 6. The quantitative estimate of drug-likeness (QED) is 0.502. The molecule has 0 aliphatic carbocycles. The fourth-order valence-electron chi connectivity index (χ4n) is 1.41. The van der Waals surface area contributed by atoms with Crippen molar-refractivity contribution in [3.05, 3.63) is 35.5 Å². The van der Waals surface area contributed by atoms with Crippen molar-refractivity contribution in [3.8, 4) is 0 Å². The summed E-state index contributed by atoms with van der Waals surface area (Å²) in [7, 11) is 1.86. The number of amides is 1. The minimum atomic E-state index is 0.0951. The maximum atomic E-state index is 12.2. The van der Waals surface area contributed by atoms with Gasteiger partial charge < -0.3 is 4.90 Å². The normalized spacial score (nSPS) is 12.2. The van der Waals surface area contributed by atoms with E-state index in [1.54, 1.807) is 4.90 Å². The van der Waals surface area contributed by atoms with Crippen molar-refractivity contribution in [1.82, 2.24) is 4.90 Å². The Bertz CT molecular complexity index is 324. The van der Waals surface area contributed by atoms with Crippen LogP contribution in [-0.2, 0) is 4.79 Å². The van der Waals surface area contributed by atoms with E-state index < -0.39 is 0 Å². The first kappa shape index (κ1) is 20.0. The standard InChI is InChI=1S/C15H25NO.C2H6/c1-6-9-11-16(5)15(17)14(10-7-2)12-13(4)8-3;1-2/h7-8,10,12H,6,9,11H2,1-5H3;1-2H3/b10-7+,13-8-,14-12+;. The molecule has 19 heavy (non-hydrogen) atoms. The topological polar surface area (TPSA) is 20.3 Å². The van der Waals surface area contributed by atoms with Gasteiger partial charge in [-0.2, -0.15) is 0 Å². The van der Waals surface area contributed by atoms with Gasteiger partial charge in [0.05, 0.1) is 0 Å². The molecule has 0 aromatic carbocycles. The Hall–Kier alpha value is -1.31. The zero-order chi connectivity index (χ0) is 15.3. The van der Waals surface area contributed by atoms with Gasteiger partial charge in [0.1, 0.15) is 0 Å². The Kier molecular flexibility index (Phi) is 13.8. The lowest BCUT2D eigenvalue weighted by molar-refractivity contribution is -0.125. The highest BCUT2D eigenvalue weighted by atomic mass is 16.2. The summed E-state index contributed by atoms with van der Waals surface area (Å²) in [5.41, 5.74) is 1.86. The molecule has 0 aromatic heterocycles. The van der Waals surface area contributed by atoms with E-state index in [4.69, 9.17) is 0 Å². The summed E-state index contributed by atoms with van der Waals surface area (Å²) in [4.78, 5) is 14.0. The van der Waals surface area contributed by atoms with Crippen LogP contribution < -0.4 is 0 Å². The molecule has 0 aromatic rings. The van der Waals surface area contributed by atoms with Gasteiger partial charge in [-0.15, -0.1) is 0 Å². The van der Waals surface area contributed by atoms with Crippen molar-refractivity contribution in [2.45, 2.75) is 54.4 Å². The molecule has 110 valence electrons. The van der Waals surface area contributed by atoms with Gasteiger partial charge in [0, 0.05) is 19.2 Å². The number of unbranched alkanes of at least 4 members (excludes halogenated alkanes) is 1. The summed E-state index contributed by atoms with van der Waals surface area (Å²) in [5, 5.41) is 0. The fourth-order valence-corrected chi connectivity index (χ4v) is 1.41. The van der Waals surface area contributed by atoms with Crippen molar-refractivity contribution in [2.75, 3.05) is 13.6 Å². The van der Waals surface area contributed by atoms with Crippen LogP contribution in [0, 0.1) is 0 Å². The molecular formula is C17H31NO. The molecule has 2 nitrogen and oxygen atoms in total. The van der Waals surface area contributed by atoms with Crippen LogP contribution in [0.3, 0.4) is 0 Å². The summed E-state index contributed by atoms with van der Waals surface area (Å²) >= 11 is 0. The van der Waals surface area contributed by atoms with E-state index in [1.807, 2.05) is 66.0 Å². The van der Waals surface area contributed by atoms with Crippen LogP contribution in [0.4, 0.5) is 0 Å². The Balaban J connectivity index is 0. The molecule has 0 spiro atoms. The minimum absolute atomic E-state index is 0.0951. The Morgan fingerprint density at radius 2 is 1.79 bits per heavy atom. The van der Waals surface area contributed by atoms with Gasteiger partial charge in [-0.1, -0.05) is 51.0 Å². The van der Waals surface area contributed by atoms with E-state index in [9.17, 15) is 4.79 Å². The van der Waals surface area contributed by atoms with E-state index >= 15 is 0 Å². The van der Waals surface area contributed by atoms with Crippen molar-refractivity contribution in [3.63, 3.8) is 0 Å². The smallest absolute Gasteiger partial charge is 0.253 e. The molecule has 0 bridgehead atoms. The lowest BCUT2D eigenvalue weighted by Gasteiger charge is -2.17. The van der Waals surface area contributed by atoms with Crippen LogP contribution in [-0.4, -0.2) is 24.4 Å². The van der Waals surface area contributed by atoms with Gasteiger partial charge >= 0.3 is 0 Å². The van der Waals surface area contributed by atoms with Crippen LogP contribution >= 0.6 is 0 Å². The second kappa shape index (κ2) is 13.1. The SMILES string of the molecule is CC.C\C=C(C)/C=C(\C=C\C)C(=O)N(C)CCCC. The van der Waals surface area contributed by atoms with Crippen molar-refractivity contribution < 1.29 is 4.79 Å². The molecule has 0 rings (SSSR count). The molecule has 0 aliphatic heterocycles. The van der Waals surface area contributed by atoms with Gasteiger partial charge in [0.15, 0.2) is 0 Å². The van der Waals surface area contributed by atoms with E-state index in [0.29, 0.717) is 0 Å². The number of carbonyl (C=O) groups excluding carboxylic acids is 1. The monoisotopic (exact) mass is 265 g/mol. The van der Waals surface area contributed by atoms with Crippen molar-refractivity contribution in [2.24, 2.45) is 0 Å². The zero-order valence-corrected chi connectivity index (χ0v) is 13.8. The third-order valence-electron chi connectivity index (χ3n) is 2.63. The largest absolute Gasteiger partial charge is 0.342 e. The molecule has 0 saturated carbocycles. The second-order valence-corrected chi connectivity index (χ2v) is 4.21. The Labute approximate surface area is 119 Å². The highest BCUT2D eigenvalue weighted by molar-refractivity contribution is 5.96. The predicted octanol–water partition coefficient (Wildman–Crippen LogP) is 4.74. The molecule has 2 heteroatoms. The van der Waals surface area contributed by atoms with Gasteiger partial charge in [0.2, 0.25) is 0 Å². The fraction of sp³-hybridized carbons (Fsp3) is 0.588. The van der Waals surface area contributed by atoms with Crippen LogP contribution in [0.5, 0.6) is 0 Å². The highest BCUT2D eigenvalue weighted by Gasteiger charge is 2.11. The van der Waals surface area contributed by atoms with Crippen molar-refractivity contribution in [1.29, 1.82) is 0 Å². The minimum Gasteiger partial charge on any atom is -0.342 e. The maximum Gasteiger partial charge on any atom is 0.253 e. The van der Waals surface area contributed by atoms with Gasteiger partial charge in [-0.3, -0.25) is 4.79 Å². The summed E-state index contributed by atoms with van der Waals surface area (Å²) in [6.07, 6.45) is 9.87. The lowest BCUT2D eigenvalue weighted by Crippen LogP contribution is -2.28. The number of hydrogen-bond acceptors (Lipinski definition) is 1. The maximum absolute atomic E-state index is 12.2. The predicted molar refractivity (Wildman–Crippen MR) is 86.2 cm³/mol. The zero-order valence-electron chi connectivity index (χ0n) is 13.8. The third-order valence-corrected chi connectivity index (χ3v) is 2.63. The van der Waals surface area contributed by atoms with Crippen LogP contribution in [0.1, 0.15) is 54.4 Å². The first-order chi connectivity index (χ1) is 9.06. The number of carbonyl (C=O) groups is 1. The van der Waals surface area contributed by atoms with E-state index in [2.05, 4.69) is 6.92 Å². The molecule has 0 saturated heterocycles. The van der Waals surface area contributed by atoms with E-state index in [-0.39, 0.29) is 5.91 Å². The summed E-state index contributed by atoms with van der Waals surface area (Å²) < 4.78 is 0. The number of hydrogen-bond donors (Lipinski definition) is 0. The van der Waals surface area contributed by atoms with E-state index in [1.165, 1.54) is 0 Å². The summed E-state index contributed by atoms with van der Waals surface area (Å²) in [5.74, 6) is 0.0951.